The highest BCUT2D eigenvalue weighted by atomic mass is 28.3. The van der Waals surface area contributed by atoms with Crippen LogP contribution in [0, 0.1) is 0 Å². The SMILES string of the molecule is C=C(C(=O)[Si](C)(C)C(C)(C)C)C(C)(O)c1ccc2ccccc2c1. The van der Waals surface area contributed by atoms with Gasteiger partial charge < -0.3 is 9.90 Å². The Morgan fingerprint density at radius 2 is 1.54 bits per heavy atom. The Bertz CT molecular complexity index is 795. The third-order valence-electron chi connectivity index (χ3n) is 5.62. The number of fused-ring (bicyclic) bond motifs is 1. The van der Waals surface area contributed by atoms with Crippen LogP contribution in [0.2, 0.25) is 18.1 Å². The molecular weight excluding hydrogens is 312 g/mol. The van der Waals surface area contributed by atoms with Crippen LogP contribution >= 0.6 is 0 Å². The minimum absolute atomic E-state index is 0.0353. The lowest BCUT2D eigenvalue weighted by molar-refractivity contribution is -0.111. The van der Waals surface area contributed by atoms with E-state index < -0.39 is 13.7 Å². The molecule has 0 spiro atoms. The summed E-state index contributed by atoms with van der Waals surface area (Å²) in [6, 6.07) is 13.8. The molecule has 0 saturated heterocycles. The molecule has 2 rings (SSSR count). The van der Waals surface area contributed by atoms with Gasteiger partial charge in [0.05, 0.1) is 0 Å². The van der Waals surface area contributed by atoms with Crippen LogP contribution in [0.15, 0.2) is 54.6 Å². The summed E-state index contributed by atoms with van der Waals surface area (Å²) in [6.45, 7) is 16.1. The Labute approximate surface area is 146 Å². The first-order chi connectivity index (χ1) is 10.9. The lowest BCUT2D eigenvalue weighted by Gasteiger charge is -2.38. The molecule has 2 nitrogen and oxygen atoms in total. The Kier molecular flexibility index (Phi) is 4.64. The van der Waals surface area contributed by atoms with Crippen molar-refractivity contribution in [1.82, 2.24) is 0 Å². The van der Waals surface area contributed by atoms with E-state index in [9.17, 15) is 9.90 Å². The van der Waals surface area contributed by atoms with E-state index in [1.165, 1.54) is 0 Å². The van der Waals surface area contributed by atoms with E-state index in [0.717, 1.165) is 10.8 Å². The van der Waals surface area contributed by atoms with Crippen LogP contribution in [-0.2, 0) is 10.4 Å². The van der Waals surface area contributed by atoms with Crippen LogP contribution in [0.25, 0.3) is 10.8 Å². The highest BCUT2D eigenvalue weighted by Gasteiger charge is 2.46. The lowest BCUT2D eigenvalue weighted by Crippen LogP contribution is -2.49. The standard InChI is InChI=1S/C21H28O2Si/c1-15(19(22)24(6,7)20(2,3)4)21(5,23)18-13-12-16-10-8-9-11-17(16)14-18/h8-14,23H,1H2,2-7H3. The molecule has 0 heterocycles. The van der Waals surface area contributed by atoms with Crippen molar-refractivity contribution in [1.29, 1.82) is 0 Å². The van der Waals surface area contributed by atoms with Crippen molar-refractivity contribution >= 4 is 24.3 Å². The minimum Gasteiger partial charge on any atom is -0.381 e. The summed E-state index contributed by atoms with van der Waals surface area (Å²) in [5.41, 5.74) is -0.362. The number of carbonyl (C=O) groups is 1. The molecule has 3 heteroatoms. The van der Waals surface area contributed by atoms with Crippen molar-refractivity contribution in [2.24, 2.45) is 0 Å². The fourth-order valence-corrected chi connectivity index (χ4v) is 4.28. The van der Waals surface area contributed by atoms with Crippen LogP contribution in [0.4, 0.5) is 0 Å². The van der Waals surface area contributed by atoms with E-state index in [4.69, 9.17) is 0 Å². The van der Waals surface area contributed by atoms with Crippen LogP contribution in [0.3, 0.4) is 0 Å². The van der Waals surface area contributed by atoms with Gasteiger partial charge in [-0.1, -0.05) is 76.8 Å². The predicted molar refractivity (Wildman–Crippen MR) is 105 cm³/mol. The highest BCUT2D eigenvalue weighted by Crippen LogP contribution is 2.41. The summed E-state index contributed by atoms with van der Waals surface area (Å²) in [6.07, 6.45) is 0. The Morgan fingerprint density at radius 3 is 2.08 bits per heavy atom. The third-order valence-corrected chi connectivity index (χ3v) is 10.8. The molecule has 0 aliphatic heterocycles. The summed E-state index contributed by atoms with van der Waals surface area (Å²) < 4.78 is 0. The van der Waals surface area contributed by atoms with Crippen molar-refractivity contribution in [3.63, 3.8) is 0 Å². The van der Waals surface area contributed by atoms with Gasteiger partial charge in [-0.25, -0.2) is 0 Å². The number of hydrogen-bond donors (Lipinski definition) is 1. The molecule has 0 radical (unpaired) electrons. The number of rotatable bonds is 4. The van der Waals surface area contributed by atoms with Crippen LogP contribution < -0.4 is 0 Å². The van der Waals surface area contributed by atoms with Crippen LogP contribution in [-0.4, -0.2) is 18.6 Å². The maximum Gasteiger partial charge on any atom is 0.139 e. The molecular formula is C21H28O2Si. The van der Waals surface area contributed by atoms with Crippen molar-refractivity contribution in [3.05, 3.63) is 60.2 Å². The van der Waals surface area contributed by atoms with E-state index in [1.54, 1.807) is 6.92 Å². The average Bonchev–Trinajstić information content (AvgIpc) is 2.51. The molecule has 1 N–H and O–H groups in total. The van der Waals surface area contributed by atoms with E-state index in [-0.39, 0.29) is 10.4 Å². The second kappa shape index (κ2) is 5.98. The average molecular weight is 341 g/mol. The van der Waals surface area contributed by atoms with Crippen LogP contribution in [0.1, 0.15) is 33.3 Å². The Balaban J connectivity index is 2.44. The van der Waals surface area contributed by atoms with Gasteiger partial charge in [0.15, 0.2) is 0 Å². The molecule has 0 aliphatic carbocycles. The zero-order valence-corrected chi connectivity index (χ0v) is 16.6. The van der Waals surface area contributed by atoms with Crippen molar-refractivity contribution in [2.45, 2.75) is 51.4 Å². The molecule has 128 valence electrons. The molecule has 1 unspecified atom stereocenters. The second-order valence-electron chi connectivity index (χ2n) is 8.32. The summed E-state index contributed by atoms with van der Waals surface area (Å²) in [5.74, 6) is 0. The topological polar surface area (TPSA) is 37.3 Å². The fraction of sp³-hybridized carbons (Fsp3) is 0.381. The number of aliphatic hydroxyl groups is 1. The van der Waals surface area contributed by atoms with Crippen molar-refractivity contribution < 1.29 is 9.90 Å². The molecule has 0 saturated carbocycles. The molecule has 0 aromatic heterocycles. The molecule has 2 aromatic carbocycles. The Hall–Kier alpha value is -1.71. The van der Waals surface area contributed by atoms with Gasteiger partial charge in [-0.2, -0.15) is 0 Å². The molecule has 0 amide bonds. The van der Waals surface area contributed by atoms with Crippen molar-refractivity contribution in [2.75, 3.05) is 0 Å². The molecule has 0 bridgehead atoms. The normalized spacial score (nSPS) is 15.1. The lowest BCUT2D eigenvalue weighted by atomic mass is 9.88. The summed E-state index contributed by atoms with van der Waals surface area (Å²) in [5, 5.41) is 13.2. The molecule has 2 aromatic rings. The largest absolute Gasteiger partial charge is 0.381 e. The van der Waals surface area contributed by atoms with Crippen LogP contribution in [0.5, 0.6) is 0 Å². The maximum atomic E-state index is 13.1. The van der Waals surface area contributed by atoms with E-state index in [1.807, 2.05) is 42.5 Å². The predicted octanol–water partition coefficient (Wildman–Crippen LogP) is 5.22. The van der Waals surface area contributed by atoms with Gasteiger partial charge in [-0.05, 0) is 34.4 Å². The van der Waals surface area contributed by atoms with Gasteiger partial charge >= 0.3 is 0 Å². The van der Waals surface area contributed by atoms with Gasteiger partial charge in [-0.15, -0.1) is 0 Å². The van der Waals surface area contributed by atoms with Gasteiger partial charge in [0, 0.05) is 5.57 Å². The minimum atomic E-state index is -2.27. The van der Waals surface area contributed by atoms with E-state index in [0.29, 0.717) is 11.1 Å². The monoisotopic (exact) mass is 340 g/mol. The molecule has 24 heavy (non-hydrogen) atoms. The zero-order chi connectivity index (χ0) is 18.3. The van der Waals surface area contributed by atoms with Gasteiger partial charge in [0.25, 0.3) is 0 Å². The zero-order valence-electron chi connectivity index (χ0n) is 15.6. The molecule has 1 atom stereocenters. The molecule has 0 fully saturated rings. The van der Waals surface area contributed by atoms with E-state index >= 15 is 0 Å². The van der Waals surface area contributed by atoms with Gasteiger partial charge in [-0.3, -0.25) is 0 Å². The van der Waals surface area contributed by atoms with Gasteiger partial charge in [0.1, 0.15) is 19.1 Å². The second-order valence-corrected chi connectivity index (χ2v) is 13.5. The summed E-state index contributed by atoms with van der Waals surface area (Å²) in [4.78, 5) is 13.1. The summed E-state index contributed by atoms with van der Waals surface area (Å²) in [7, 11) is -2.27. The van der Waals surface area contributed by atoms with Crippen molar-refractivity contribution in [3.8, 4) is 0 Å². The van der Waals surface area contributed by atoms with Gasteiger partial charge in [0.2, 0.25) is 0 Å². The number of hydrogen-bond acceptors (Lipinski definition) is 2. The first-order valence-electron chi connectivity index (χ1n) is 8.35. The fourth-order valence-electron chi connectivity index (χ4n) is 2.61. The quantitative estimate of drug-likeness (QED) is 0.612. The van der Waals surface area contributed by atoms with E-state index in [2.05, 4.69) is 40.4 Å². The third kappa shape index (κ3) is 3.11. The highest BCUT2D eigenvalue weighted by molar-refractivity contribution is 7.08. The first-order valence-corrected chi connectivity index (χ1v) is 11.3. The number of benzene rings is 2. The Morgan fingerprint density at radius 1 is 1.00 bits per heavy atom. The molecule has 0 aliphatic rings. The maximum absolute atomic E-state index is 13.1. The first kappa shape index (κ1) is 18.6. The summed E-state index contributed by atoms with van der Waals surface area (Å²) >= 11 is 0. The smallest absolute Gasteiger partial charge is 0.139 e. The number of carbonyl (C=O) groups excluding carboxylic acids is 1.